The molecule has 0 amide bonds. The van der Waals surface area contributed by atoms with Crippen molar-refractivity contribution in [3.63, 3.8) is 0 Å². The highest BCUT2D eigenvalue weighted by atomic mass is 35.5. The fourth-order valence-corrected chi connectivity index (χ4v) is 4.69. The number of hydrogen-bond acceptors (Lipinski definition) is 7. The summed E-state index contributed by atoms with van der Waals surface area (Å²) in [6, 6.07) is 0.954. The van der Waals surface area contributed by atoms with Crippen LogP contribution in [0.4, 0.5) is 38.1 Å². The zero-order valence-corrected chi connectivity index (χ0v) is 20.9. The summed E-state index contributed by atoms with van der Waals surface area (Å²) < 4.78 is 80.7. The molecular weight excluding hydrogens is 549 g/mol. The Bertz CT molecular complexity index is 1230. The first-order chi connectivity index (χ1) is 17.3. The van der Waals surface area contributed by atoms with Crippen LogP contribution in [0.3, 0.4) is 0 Å². The molecule has 0 saturated carbocycles. The molecule has 0 spiro atoms. The zero-order valence-electron chi connectivity index (χ0n) is 19.4. The van der Waals surface area contributed by atoms with Crippen LogP contribution in [-0.4, -0.2) is 48.8 Å². The molecule has 0 aliphatic carbocycles. The van der Waals surface area contributed by atoms with E-state index < -0.39 is 29.5 Å². The van der Waals surface area contributed by atoms with Crippen LogP contribution in [-0.2, 0) is 25.9 Å². The van der Waals surface area contributed by atoms with Crippen LogP contribution < -0.4 is 9.80 Å². The molecule has 4 rings (SSSR count). The smallest absolute Gasteiger partial charge is 0.350 e. The van der Waals surface area contributed by atoms with E-state index in [1.165, 1.54) is 13.2 Å². The lowest BCUT2D eigenvalue weighted by atomic mass is 10.0. The third kappa shape index (κ3) is 6.00. The SMILES string of the molecule is CC[C@@H]1C[C@H](N(Cc2cc(C(F)(F)F)cc(C(F)(F)F)c2)c2nnn(C)n2)CN1c1nc(Cl)ncc1Cl. The molecule has 0 N–H and O–H groups in total. The monoisotopic (exact) mass is 568 g/mol. The van der Waals surface area contributed by atoms with E-state index in [0.717, 1.165) is 4.80 Å². The van der Waals surface area contributed by atoms with Gasteiger partial charge < -0.3 is 9.80 Å². The molecule has 0 radical (unpaired) electrons. The van der Waals surface area contributed by atoms with E-state index in [9.17, 15) is 26.3 Å². The predicted octanol–water partition coefficient (Wildman–Crippen LogP) is 5.41. The highest BCUT2D eigenvalue weighted by Gasteiger charge is 2.40. The van der Waals surface area contributed by atoms with Crippen molar-refractivity contribution in [1.29, 1.82) is 0 Å². The van der Waals surface area contributed by atoms with Crippen LogP contribution in [0.15, 0.2) is 24.4 Å². The van der Waals surface area contributed by atoms with Crippen molar-refractivity contribution >= 4 is 35.0 Å². The third-order valence-corrected chi connectivity index (χ3v) is 6.48. The Balaban J connectivity index is 1.73. The van der Waals surface area contributed by atoms with E-state index in [1.807, 2.05) is 11.8 Å². The summed E-state index contributed by atoms with van der Waals surface area (Å²) in [6.45, 7) is 1.88. The summed E-state index contributed by atoms with van der Waals surface area (Å²) in [5.74, 6) is 0.434. The molecule has 8 nitrogen and oxygen atoms in total. The number of aromatic nitrogens is 6. The van der Waals surface area contributed by atoms with Gasteiger partial charge in [0, 0.05) is 19.1 Å². The molecule has 1 fully saturated rings. The molecule has 1 aliphatic heterocycles. The molecule has 3 aromatic rings. The molecule has 0 bridgehead atoms. The Morgan fingerprint density at radius 3 is 2.24 bits per heavy atom. The maximum atomic E-state index is 13.4. The molecule has 3 heterocycles. The lowest BCUT2D eigenvalue weighted by Crippen LogP contribution is -2.38. The van der Waals surface area contributed by atoms with Crippen LogP contribution in [0.25, 0.3) is 0 Å². The van der Waals surface area contributed by atoms with E-state index in [1.54, 1.807) is 4.90 Å². The molecule has 1 aliphatic rings. The Hall–Kier alpha value is -2.87. The normalized spacial score (nSPS) is 18.5. The van der Waals surface area contributed by atoms with Gasteiger partial charge >= 0.3 is 12.4 Å². The molecule has 2 atom stereocenters. The largest absolute Gasteiger partial charge is 0.416 e. The van der Waals surface area contributed by atoms with Crippen molar-refractivity contribution in [2.24, 2.45) is 7.05 Å². The number of aryl methyl sites for hydroxylation is 1. The number of nitrogens with zero attached hydrogens (tertiary/aromatic N) is 8. The standard InChI is InChI=1S/C21H20Cl2F6N8/c1-3-14-7-15(10-36(14)17-16(22)8-30-18(23)31-17)37(19-32-34-35(2)33-19)9-11-4-12(20(24,25)26)6-13(5-11)21(27,28)29/h4-6,8,14-15H,3,7,9-10H2,1-2H3/t14-,15+/m1/s1. The van der Waals surface area contributed by atoms with Gasteiger partial charge in [0.05, 0.1) is 30.4 Å². The second-order valence-electron chi connectivity index (χ2n) is 8.54. The molecule has 1 aromatic carbocycles. The van der Waals surface area contributed by atoms with Gasteiger partial charge in [-0.25, -0.2) is 4.98 Å². The zero-order chi connectivity index (χ0) is 27.1. The molecule has 37 heavy (non-hydrogen) atoms. The summed E-state index contributed by atoms with van der Waals surface area (Å²) >= 11 is 12.3. The van der Waals surface area contributed by atoms with E-state index in [-0.39, 0.29) is 47.0 Å². The minimum atomic E-state index is -4.97. The van der Waals surface area contributed by atoms with Crippen LogP contribution in [0.2, 0.25) is 10.3 Å². The van der Waals surface area contributed by atoms with Crippen molar-refractivity contribution in [3.8, 4) is 0 Å². The highest BCUT2D eigenvalue weighted by Crippen LogP contribution is 2.38. The maximum absolute atomic E-state index is 13.4. The van der Waals surface area contributed by atoms with Crippen LogP contribution in [0.5, 0.6) is 0 Å². The number of tetrazole rings is 1. The van der Waals surface area contributed by atoms with Gasteiger partial charge in [0.2, 0.25) is 5.28 Å². The number of benzene rings is 1. The average Bonchev–Trinajstić information content (AvgIpc) is 3.44. The number of anilines is 2. The Morgan fingerprint density at radius 2 is 1.70 bits per heavy atom. The third-order valence-electron chi connectivity index (χ3n) is 6.03. The second-order valence-corrected chi connectivity index (χ2v) is 9.28. The summed E-state index contributed by atoms with van der Waals surface area (Å²) in [4.78, 5) is 12.6. The maximum Gasteiger partial charge on any atom is 0.416 e. The van der Waals surface area contributed by atoms with Crippen LogP contribution in [0.1, 0.15) is 36.5 Å². The van der Waals surface area contributed by atoms with Crippen molar-refractivity contribution in [2.75, 3.05) is 16.3 Å². The van der Waals surface area contributed by atoms with Gasteiger partial charge in [-0.2, -0.15) is 36.1 Å². The van der Waals surface area contributed by atoms with Crippen molar-refractivity contribution in [2.45, 2.75) is 50.7 Å². The number of rotatable bonds is 6. The summed E-state index contributed by atoms with van der Waals surface area (Å²) in [7, 11) is 1.50. The van der Waals surface area contributed by atoms with Crippen molar-refractivity contribution in [1.82, 2.24) is 30.2 Å². The first kappa shape index (κ1) is 27.2. The first-order valence-electron chi connectivity index (χ1n) is 11.0. The topological polar surface area (TPSA) is 75.9 Å². The Morgan fingerprint density at radius 1 is 1.05 bits per heavy atom. The van der Waals surface area contributed by atoms with Gasteiger partial charge in [-0.3, -0.25) is 0 Å². The van der Waals surface area contributed by atoms with E-state index in [2.05, 4.69) is 25.4 Å². The van der Waals surface area contributed by atoms with E-state index in [4.69, 9.17) is 23.2 Å². The van der Waals surface area contributed by atoms with Gasteiger partial charge in [0.1, 0.15) is 5.02 Å². The number of alkyl halides is 6. The fourth-order valence-electron chi connectivity index (χ4n) is 4.36. The minimum absolute atomic E-state index is 0.0196. The second kappa shape index (κ2) is 10.1. The number of hydrogen-bond donors (Lipinski definition) is 0. The highest BCUT2D eigenvalue weighted by molar-refractivity contribution is 6.33. The van der Waals surface area contributed by atoms with Crippen molar-refractivity contribution in [3.05, 3.63) is 51.4 Å². The summed E-state index contributed by atoms with van der Waals surface area (Å²) in [5, 5.41) is 12.1. The minimum Gasteiger partial charge on any atom is -0.350 e. The van der Waals surface area contributed by atoms with Gasteiger partial charge in [0.25, 0.3) is 5.95 Å². The van der Waals surface area contributed by atoms with Gasteiger partial charge in [0.15, 0.2) is 5.82 Å². The lowest BCUT2D eigenvalue weighted by Gasteiger charge is -2.28. The Labute approximate surface area is 217 Å². The van der Waals surface area contributed by atoms with Crippen LogP contribution >= 0.6 is 23.2 Å². The van der Waals surface area contributed by atoms with Gasteiger partial charge in [-0.15, -0.1) is 5.10 Å². The molecule has 0 unspecified atom stereocenters. The van der Waals surface area contributed by atoms with Gasteiger partial charge in [-0.05, 0) is 53.4 Å². The molecular formula is C21H20Cl2F6N8. The number of halogens is 8. The average molecular weight is 569 g/mol. The summed E-state index contributed by atoms with van der Waals surface area (Å²) in [6.07, 6.45) is -7.45. The predicted molar refractivity (Wildman–Crippen MR) is 123 cm³/mol. The molecule has 2 aromatic heterocycles. The molecule has 200 valence electrons. The lowest BCUT2D eigenvalue weighted by molar-refractivity contribution is -0.143. The van der Waals surface area contributed by atoms with E-state index in [0.29, 0.717) is 30.8 Å². The Kier molecular flexibility index (Phi) is 7.43. The van der Waals surface area contributed by atoms with Gasteiger partial charge in [-0.1, -0.05) is 23.6 Å². The summed E-state index contributed by atoms with van der Waals surface area (Å²) in [5.41, 5.74) is -3.00. The first-order valence-corrected chi connectivity index (χ1v) is 11.8. The fraction of sp³-hybridized carbons (Fsp3) is 0.476. The van der Waals surface area contributed by atoms with E-state index >= 15 is 0 Å². The molecule has 16 heteroatoms. The quantitative estimate of drug-likeness (QED) is 0.291. The van der Waals surface area contributed by atoms with Crippen LogP contribution in [0, 0.1) is 0 Å². The van der Waals surface area contributed by atoms with Crippen molar-refractivity contribution < 1.29 is 26.3 Å². The molecule has 1 saturated heterocycles.